The molecule has 0 saturated heterocycles. The molecule has 8 nitrogen and oxygen atoms in total. The Hall–Kier alpha value is -2.26. The summed E-state index contributed by atoms with van der Waals surface area (Å²) in [5, 5.41) is 2.55. The SMILES string of the molecule is CCN(CC)S(=O)(=O)c1ccc(C)c(NC(=O)COC(=O)CCC(C)=O)c1. The Bertz CT molecular complexity index is 800. The highest BCUT2D eigenvalue weighted by Gasteiger charge is 2.22. The molecule has 1 rings (SSSR count). The van der Waals surface area contributed by atoms with E-state index < -0.39 is 28.5 Å². The van der Waals surface area contributed by atoms with Crippen molar-refractivity contribution >= 4 is 33.4 Å². The maximum Gasteiger partial charge on any atom is 0.306 e. The fourth-order valence-corrected chi connectivity index (χ4v) is 3.78. The van der Waals surface area contributed by atoms with Crippen LogP contribution in [0.1, 0.15) is 39.2 Å². The minimum Gasteiger partial charge on any atom is -0.456 e. The topological polar surface area (TPSA) is 110 Å². The molecule has 0 radical (unpaired) electrons. The lowest BCUT2D eigenvalue weighted by Crippen LogP contribution is -2.30. The molecule has 0 fully saturated rings. The third-order valence-electron chi connectivity index (χ3n) is 3.87. The second kappa shape index (κ2) is 10.2. The number of Topliss-reactive ketones (excluding diaryl/α,β-unsaturated/α-hetero) is 1. The molecular weight excluding hydrogens is 372 g/mol. The maximum absolute atomic E-state index is 12.6. The molecule has 0 atom stereocenters. The fourth-order valence-electron chi connectivity index (χ4n) is 2.29. The zero-order chi connectivity index (χ0) is 20.6. The number of sulfonamides is 1. The van der Waals surface area contributed by atoms with E-state index in [0.29, 0.717) is 24.3 Å². The predicted octanol–water partition coefficient (Wildman–Crippen LogP) is 1.88. The summed E-state index contributed by atoms with van der Waals surface area (Å²) in [6.07, 6.45) is -0.0237. The molecule has 0 aliphatic carbocycles. The summed E-state index contributed by atoms with van der Waals surface area (Å²) in [6, 6.07) is 4.48. The lowest BCUT2D eigenvalue weighted by molar-refractivity contribution is -0.148. The average molecular weight is 398 g/mol. The number of hydrogen-bond donors (Lipinski definition) is 1. The first-order valence-electron chi connectivity index (χ1n) is 8.67. The zero-order valence-corrected chi connectivity index (χ0v) is 16.9. The molecule has 0 bridgehead atoms. The van der Waals surface area contributed by atoms with Crippen LogP contribution in [-0.4, -0.2) is 50.1 Å². The van der Waals surface area contributed by atoms with Crippen molar-refractivity contribution in [2.75, 3.05) is 25.0 Å². The molecule has 1 amide bonds. The number of rotatable bonds is 10. The molecule has 0 heterocycles. The molecule has 0 aliphatic rings. The molecule has 0 unspecified atom stereocenters. The van der Waals surface area contributed by atoms with Crippen molar-refractivity contribution in [2.24, 2.45) is 0 Å². The number of ether oxygens (including phenoxy) is 1. The summed E-state index contributed by atoms with van der Waals surface area (Å²) in [7, 11) is -3.65. The van der Waals surface area contributed by atoms with E-state index in [-0.39, 0.29) is 23.5 Å². The highest BCUT2D eigenvalue weighted by Crippen LogP contribution is 2.23. The van der Waals surface area contributed by atoms with Crippen LogP contribution in [0.5, 0.6) is 0 Å². The number of ketones is 1. The summed E-state index contributed by atoms with van der Waals surface area (Å²) >= 11 is 0. The third-order valence-corrected chi connectivity index (χ3v) is 5.92. The van der Waals surface area contributed by atoms with Gasteiger partial charge in [-0.3, -0.25) is 9.59 Å². The van der Waals surface area contributed by atoms with Crippen molar-refractivity contribution < 1.29 is 27.5 Å². The lowest BCUT2D eigenvalue weighted by atomic mass is 10.2. The molecule has 150 valence electrons. The van der Waals surface area contributed by atoms with Crippen LogP contribution in [0.3, 0.4) is 0 Å². The second-order valence-corrected chi connectivity index (χ2v) is 7.91. The number of nitrogens with zero attached hydrogens (tertiary/aromatic N) is 1. The Morgan fingerprint density at radius 2 is 1.74 bits per heavy atom. The number of aryl methyl sites for hydroxylation is 1. The zero-order valence-electron chi connectivity index (χ0n) is 16.1. The summed E-state index contributed by atoms with van der Waals surface area (Å²) < 4.78 is 31.3. The van der Waals surface area contributed by atoms with Crippen LogP contribution in [0.2, 0.25) is 0 Å². The van der Waals surface area contributed by atoms with Crippen molar-refractivity contribution in [3.05, 3.63) is 23.8 Å². The largest absolute Gasteiger partial charge is 0.456 e. The highest BCUT2D eigenvalue weighted by molar-refractivity contribution is 7.89. The Morgan fingerprint density at radius 3 is 2.30 bits per heavy atom. The van der Waals surface area contributed by atoms with Gasteiger partial charge in [-0.1, -0.05) is 19.9 Å². The molecule has 1 N–H and O–H groups in total. The average Bonchev–Trinajstić information content (AvgIpc) is 2.60. The first-order chi connectivity index (χ1) is 12.6. The first-order valence-corrected chi connectivity index (χ1v) is 10.1. The number of carbonyl (C=O) groups is 3. The van der Waals surface area contributed by atoms with Gasteiger partial charge in [0.05, 0.1) is 11.3 Å². The standard InChI is InChI=1S/C18H26N2O6S/c1-5-20(6-2)27(24,25)15-9-7-13(3)16(11-15)19-17(22)12-26-18(23)10-8-14(4)21/h7,9,11H,5-6,8,10,12H2,1-4H3,(H,19,22). The van der Waals surface area contributed by atoms with Gasteiger partial charge in [0.25, 0.3) is 5.91 Å². The molecule has 0 spiro atoms. The number of esters is 1. The van der Waals surface area contributed by atoms with Gasteiger partial charge in [-0.2, -0.15) is 4.31 Å². The molecule has 1 aromatic rings. The molecule has 0 saturated carbocycles. The van der Waals surface area contributed by atoms with Crippen LogP contribution < -0.4 is 5.32 Å². The van der Waals surface area contributed by atoms with E-state index in [4.69, 9.17) is 4.74 Å². The van der Waals surface area contributed by atoms with Crippen LogP contribution in [0.4, 0.5) is 5.69 Å². The van der Waals surface area contributed by atoms with Crippen LogP contribution in [-0.2, 0) is 29.1 Å². The first kappa shape index (κ1) is 22.8. The van der Waals surface area contributed by atoms with Gasteiger partial charge in [-0.15, -0.1) is 0 Å². The molecule has 0 aliphatic heterocycles. The van der Waals surface area contributed by atoms with Crippen LogP contribution in [0.15, 0.2) is 23.1 Å². The normalized spacial score (nSPS) is 11.3. The fraction of sp³-hybridized carbons (Fsp3) is 0.500. The van der Waals surface area contributed by atoms with Crippen molar-refractivity contribution in [2.45, 2.75) is 45.4 Å². The van der Waals surface area contributed by atoms with E-state index in [1.807, 2.05) is 0 Å². The highest BCUT2D eigenvalue weighted by atomic mass is 32.2. The van der Waals surface area contributed by atoms with E-state index in [0.717, 1.165) is 0 Å². The third kappa shape index (κ3) is 6.76. The molecular formula is C18H26N2O6S. The Kier molecular flexibility index (Phi) is 8.58. The number of amides is 1. The van der Waals surface area contributed by atoms with Gasteiger partial charge < -0.3 is 14.8 Å². The smallest absolute Gasteiger partial charge is 0.306 e. The van der Waals surface area contributed by atoms with E-state index >= 15 is 0 Å². The van der Waals surface area contributed by atoms with Gasteiger partial charge in [0, 0.05) is 25.2 Å². The van der Waals surface area contributed by atoms with Gasteiger partial charge >= 0.3 is 5.97 Å². The van der Waals surface area contributed by atoms with Crippen LogP contribution >= 0.6 is 0 Å². The molecule has 1 aromatic carbocycles. The number of anilines is 1. The monoisotopic (exact) mass is 398 g/mol. The number of carbonyl (C=O) groups excluding carboxylic acids is 3. The lowest BCUT2D eigenvalue weighted by Gasteiger charge is -2.19. The van der Waals surface area contributed by atoms with E-state index in [1.165, 1.54) is 23.4 Å². The number of nitrogens with one attached hydrogen (secondary N) is 1. The van der Waals surface area contributed by atoms with Gasteiger partial charge in [-0.05, 0) is 31.5 Å². The van der Waals surface area contributed by atoms with Crippen molar-refractivity contribution in [3.63, 3.8) is 0 Å². The number of hydrogen-bond acceptors (Lipinski definition) is 6. The van der Waals surface area contributed by atoms with E-state index in [2.05, 4.69) is 5.32 Å². The molecule has 9 heteroatoms. The minimum absolute atomic E-state index is 0.0603. The summed E-state index contributed by atoms with van der Waals surface area (Å²) in [5.74, 6) is -1.38. The van der Waals surface area contributed by atoms with E-state index in [9.17, 15) is 22.8 Å². The summed E-state index contributed by atoms with van der Waals surface area (Å²) in [5.41, 5.74) is 0.998. The molecule has 27 heavy (non-hydrogen) atoms. The summed E-state index contributed by atoms with van der Waals surface area (Å²) in [6.45, 7) is 6.75. The molecule has 0 aromatic heterocycles. The van der Waals surface area contributed by atoms with Gasteiger partial charge in [0.15, 0.2) is 6.61 Å². The van der Waals surface area contributed by atoms with Crippen molar-refractivity contribution in [3.8, 4) is 0 Å². The number of benzene rings is 1. The van der Waals surface area contributed by atoms with Crippen molar-refractivity contribution in [1.29, 1.82) is 0 Å². The van der Waals surface area contributed by atoms with Crippen LogP contribution in [0, 0.1) is 6.92 Å². The summed E-state index contributed by atoms with van der Waals surface area (Å²) in [4.78, 5) is 34.4. The van der Waals surface area contributed by atoms with Gasteiger partial charge in [-0.25, -0.2) is 8.42 Å². The Labute approximate surface area is 159 Å². The second-order valence-electron chi connectivity index (χ2n) is 5.98. The van der Waals surface area contributed by atoms with Gasteiger partial charge in [0.2, 0.25) is 10.0 Å². The minimum atomic E-state index is -3.65. The van der Waals surface area contributed by atoms with E-state index in [1.54, 1.807) is 26.8 Å². The quantitative estimate of drug-likeness (QED) is 0.603. The Balaban J connectivity index is 2.82. The predicted molar refractivity (Wildman–Crippen MR) is 101 cm³/mol. The van der Waals surface area contributed by atoms with Gasteiger partial charge in [0.1, 0.15) is 5.78 Å². The van der Waals surface area contributed by atoms with Crippen molar-refractivity contribution in [1.82, 2.24) is 4.31 Å². The Morgan fingerprint density at radius 1 is 1.11 bits per heavy atom. The van der Waals surface area contributed by atoms with Crippen LogP contribution in [0.25, 0.3) is 0 Å². The maximum atomic E-state index is 12.6.